The third-order valence-electron chi connectivity index (χ3n) is 3.16. The highest BCUT2D eigenvalue weighted by Gasteiger charge is 2.22. The highest BCUT2D eigenvalue weighted by molar-refractivity contribution is 5.95. The van der Waals surface area contributed by atoms with Gasteiger partial charge < -0.3 is 9.47 Å². The molecule has 0 bridgehead atoms. The van der Waals surface area contributed by atoms with Crippen molar-refractivity contribution in [1.82, 2.24) is 0 Å². The number of methoxy groups -OCH3 is 1. The normalized spacial score (nSPS) is 17.7. The summed E-state index contributed by atoms with van der Waals surface area (Å²) in [4.78, 5) is 4.47. The second-order valence-corrected chi connectivity index (χ2v) is 4.39. The molecule has 3 heteroatoms. The topological polar surface area (TPSA) is 30.8 Å². The van der Waals surface area contributed by atoms with E-state index in [1.54, 1.807) is 7.11 Å². The molecule has 0 radical (unpaired) electrons. The van der Waals surface area contributed by atoms with Crippen LogP contribution < -0.4 is 4.74 Å². The fourth-order valence-electron chi connectivity index (χ4n) is 2.11. The average Bonchev–Trinajstić information content (AvgIpc) is 2.98. The Balaban J connectivity index is 1.73. The van der Waals surface area contributed by atoms with Crippen LogP contribution in [0.25, 0.3) is 0 Å². The molecule has 0 aliphatic carbocycles. The average molecular weight is 253 g/mol. The summed E-state index contributed by atoms with van der Waals surface area (Å²) in [7, 11) is 1.66. The second kappa shape index (κ2) is 5.14. The largest absolute Gasteiger partial charge is 0.497 e. The van der Waals surface area contributed by atoms with Gasteiger partial charge >= 0.3 is 0 Å². The molecule has 1 heterocycles. The summed E-state index contributed by atoms with van der Waals surface area (Å²) in [6, 6.07) is 17.9. The lowest BCUT2D eigenvalue weighted by molar-refractivity contribution is 0.230. The standard InChI is InChI=1S/C16H15NO2/c1-18-14-9-7-12(8-10-14)15-11-17-16(19-15)13-5-3-2-4-6-13/h2-10,15H,11H2,1H3. The van der Waals surface area contributed by atoms with Gasteiger partial charge in [0.05, 0.1) is 13.7 Å². The van der Waals surface area contributed by atoms with Crippen molar-refractivity contribution in [2.24, 2.45) is 4.99 Å². The van der Waals surface area contributed by atoms with E-state index in [-0.39, 0.29) is 6.10 Å². The lowest BCUT2D eigenvalue weighted by atomic mass is 10.1. The fourth-order valence-corrected chi connectivity index (χ4v) is 2.11. The molecular weight excluding hydrogens is 238 g/mol. The minimum Gasteiger partial charge on any atom is -0.497 e. The van der Waals surface area contributed by atoms with Crippen LogP contribution >= 0.6 is 0 Å². The maximum atomic E-state index is 5.92. The predicted octanol–water partition coefficient (Wildman–Crippen LogP) is 3.21. The van der Waals surface area contributed by atoms with Crippen molar-refractivity contribution in [2.45, 2.75) is 6.10 Å². The van der Waals surface area contributed by atoms with Crippen LogP contribution in [0.5, 0.6) is 5.75 Å². The highest BCUT2D eigenvalue weighted by atomic mass is 16.5. The van der Waals surface area contributed by atoms with Crippen LogP contribution in [0, 0.1) is 0 Å². The van der Waals surface area contributed by atoms with E-state index in [4.69, 9.17) is 9.47 Å². The number of benzene rings is 2. The van der Waals surface area contributed by atoms with Crippen LogP contribution in [-0.4, -0.2) is 19.6 Å². The summed E-state index contributed by atoms with van der Waals surface area (Å²) in [5, 5.41) is 0. The van der Waals surface area contributed by atoms with Gasteiger partial charge in [0.2, 0.25) is 5.90 Å². The molecule has 0 saturated carbocycles. The minimum absolute atomic E-state index is 0.00103. The van der Waals surface area contributed by atoms with Gasteiger partial charge in [0.1, 0.15) is 11.9 Å². The molecule has 0 spiro atoms. The minimum atomic E-state index is 0.00103. The first-order valence-electron chi connectivity index (χ1n) is 6.27. The van der Waals surface area contributed by atoms with Crippen LogP contribution in [-0.2, 0) is 4.74 Å². The zero-order chi connectivity index (χ0) is 13.1. The molecule has 0 aromatic heterocycles. The van der Waals surface area contributed by atoms with Crippen molar-refractivity contribution >= 4 is 5.90 Å². The Morgan fingerprint density at radius 1 is 1.05 bits per heavy atom. The summed E-state index contributed by atoms with van der Waals surface area (Å²) >= 11 is 0. The van der Waals surface area contributed by atoms with Crippen molar-refractivity contribution in [2.75, 3.05) is 13.7 Å². The number of nitrogens with zero attached hydrogens (tertiary/aromatic N) is 1. The molecule has 19 heavy (non-hydrogen) atoms. The molecule has 1 unspecified atom stereocenters. The molecule has 0 saturated heterocycles. The van der Waals surface area contributed by atoms with Gasteiger partial charge in [0, 0.05) is 5.56 Å². The van der Waals surface area contributed by atoms with Crippen molar-refractivity contribution in [3.05, 3.63) is 65.7 Å². The molecule has 0 amide bonds. The molecule has 2 aromatic rings. The number of hydrogen-bond acceptors (Lipinski definition) is 3. The molecule has 3 nitrogen and oxygen atoms in total. The Morgan fingerprint density at radius 2 is 1.79 bits per heavy atom. The van der Waals surface area contributed by atoms with Gasteiger partial charge in [-0.05, 0) is 29.8 Å². The first-order valence-corrected chi connectivity index (χ1v) is 6.27. The molecule has 1 aliphatic heterocycles. The van der Waals surface area contributed by atoms with Gasteiger partial charge in [-0.15, -0.1) is 0 Å². The summed E-state index contributed by atoms with van der Waals surface area (Å²) in [6.45, 7) is 0.663. The maximum absolute atomic E-state index is 5.92. The Morgan fingerprint density at radius 3 is 2.47 bits per heavy atom. The smallest absolute Gasteiger partial charge is 0.216 e. The Kier molecular flexibility index (Phi) is 3.19. The third kappa shape index (κ3) is 2.45. The van der Waals surface area contributed by atoms with Crippen LogP contribution in [0.15, 0.2) is 59.6 Å². The van der Waals surface area contributed by atoms with Crippen LogP contribution in [0.4, 0.5) is 0 Å². The third-order valence-corrected chi connectivity index (χ3v) is 3.16. The van der Waals surface area contributed by atoms with Crippen molar-refractivity contribution in [1.29, 1.82) is 0 Å². The Bertz CT molecular complexity index is 575. The van der Waals surface area contributed by atoms with Gasteiger partial charge in [-0.3, -0.25) is 0 Å². The van der Waals surface area contributed by atoms with Gasteiger partial charge in [-0.1, -0.05) is 30.3 Å². The zero-order valence-corrected chi connectivity index (χ0v) is 10.7. The Labute approximate surface area is 112 Å². The number of aliphatic imine (C=N–C) groups is 1. The van der Waals surface area contributed by atoms with Crippen molar-refractivity contribution < 1.29 is 9.47 Å². The predicted molar refractivity (Wildman–Crippen MR) is 74.7 cm³/mol. The molecule has 0 N–H and O–H groups in total. The zero-order valence-electron chi connectivity index (χ0n) is 10.7. The molecule has 1 aliphatic rings. The van der Waals surface area contributed by atoms with Gasteiger partial charge in [0.25, 0.3) is 0 Å². The van der Waals surface area contributed by atoms with Crippen LogP contribution in [0.3, 0.4) is 0 Å². The second-order valence-electron chi connectivity index (χ2n) is 4.39. The summed E-state index contributed by atoms with van der Waals surface area (Å²) in [6.07, 6.45) is 0.00103. The van der Waals surface area contributed by atoms with E-state index in [1.165, 1.54) is 0 Å². The van der Waals surface area contributed by atoms with E-state index >= 15 is 0 Å². The lowest BCUT2D eigenvalue weighted by Gasteiger charge is -2.12. The quantitative estimate of drug-likeness (QED) is 0.841. The van der Waals surface area contributed by atoms with Crippen molar-refractivity contribution in [3.8, 4) is 5.75 Å². The lowest BCUT2D eigenvalue weighted by Crippen LogP contribution is -2.06. The maximum Gasteiger partial charge on any atom is 0.216 e. The number of ether oxygens (including phenoxy) is 2. The molecule has 96 valence electrons. The van der Waals surface area contributed by atoms with Crippen LogP contribution in [0.1, 0.15) is 17.2 Å². The van der Waals surface area contributed by atoms with E-state index in [9.17, 15) is 0 Å². The monoisotopic (exact) mass is 253 g/mol. The van der Waals surface area contributed by atoms with E-state index in [1.807, 2.05) is 54.6 Å². The van der Waals surface area contributed by atoms with E-state index < -0.39 is 0 Å². The fraction of sp³-hybridized carbons (Fsp3) is 0.188. The van der Waals surface area contributed by atoms with Crippen LogP contribution in [0.2, 0.25) is 0 Å². The van der Waals surface area contributed by atoms with Gasteiger partial charge in [-0.25, -0.2) is 4.99 Å². The molecule has 3 rings (SSSR count). The van der Waals surface area contributed by atoms with E-state index in [0.29, 0.717) is 6.54 Å². The number of rotatable bonds is 3. The summed E-state index contributed by atoms with van der Waals surface area (Å²) in [5.74, 6) is 1.58. The van der Waals surface area contributed by atoms with E-state index in [0.717, 1.165) is 22.8 Å². The summed E-state index contributed by atoms with van der Waals surface area (Å²) in [5.41, 5.74) is 2.15. The Hall–Kier alpha value is -2.29. The molecular formula is C16H15NO2. The van der Waals surface area contributed by atoms with Crippen molar-refractivity contribution in [3.63, 3.8) is 0 Å². The highest BCUT2D eigenvalue weighted by Crippen LogP contribution is 2.26. The first-order chi connectivity index (χ1) is 9.36. The molecule has 0 fully saturated rings. The number of hydrogen-bond donors (Lipinski definition) is 0. The molecule has 2 aromatic carbocycles. The first kappa shape index (κ1) is 11.8. The summed E-state index contributed by atoms with van der Waals surface area (Å²) < 4.78 is 11.1. The van der Waals surface area contributed by atoms with E-state index in [2.05, 4.69) is 4.99 Å². The van der Waals surface area contributed by atoms with Gasteiger partial charge in [-0.2, -0.15) is 0 Å². The SMILES string of the molecule is COc1ccc(C2CN=C(c3ccccc3)O2)cc1. The molecule has 1 atom stereocenters. The van der Waals surface area contributed by atoms with Gasteiger partial charge in [0.15, 0.2) is 0 Å².